The highest BCUT2D eigenvalue weighted by Crippen LogP contribution is 2.13. The summed E-state index contributed by atoms with van der Waals surface area (Å²) in [5.41, 5.74) is 1.14. The lowest BCUT2D eigenvalue weighted by atomic mass is 10.2. The van der Waals surface area contributed by atoms with Crippen molar-refractivity contribution in [3.63, 3.8) is 0 Å². The van der Waals surface area contributed by atoms with Gasteiger partial charge in [-0.15, -0.1) is 0 Å². The zero-order chi connectivity index (χ0) is 12.8. The van der Waals surface area contributed by atoms with Crippen molar-refractivity contribution in [1.29, 1.82) is 0 Å². The third-order valence-corrected chi connectivity index (χ3v) is 2.37. The Morgan fingerprint density at radius 2 is 1.94 bits per heavy atom. The first-order valence-electron chi connectivity index (χ1n) is 5.67. The lowest BCUT2D eigenvalue weighted by molar-refractivity contribution is -0.128. The third-order valence-electron chi connectivity index (χ3n) is 2.37. The molecule has 0 spiro atoms. The van der Waals surface area contributed by atoms with Crippen LogP contribution in [0, 0.1) is 6.92 Å². The maximum Gasteiger partial charge on any atom is 0.261 e. The van der Waals surface area contributed by atoms with Crippen molar-refractivity contribution in [2.24, 2.45) is 0 Å². The molecule has 0 aliphatic heterocycles. The van der Waals surface area contributed by atoms with Crippen LogP contribution in [0.15, 0.2) is 24.3 Å². The fourth-order valence-corrected chi connectivity index (χ4v) is 1.28. The highest BCUT2D eigenvalue weighted by molar-refractivity contribution is 5.80. The molecule has 94 valence electrons. The summed E-state index contributed by atoms with van der Waals surface area (Å²) >= 11 is 0. The summed E-state index contributed by atoms with van der Waals surface area (Å²) in [5.74, 6) is 0.432. The molecular weight excluding hydrogens is 218 g/mol. The van der Waals surface area contributed by atoms with E-state index in [0.29, 0.717) is 5.75 Å². The van der Waals surface area contributed by atoms with Crippen molar-refractivity contribution in [2.45, 2.75) is 32.9 Å². The van der Waals surface area contributed by atoms with Gasteiger partial charge in [-0.2, -0.15) is 0 Å². The van der Waals surface area contributed by atoms with Gasteiger partial charge < -0.3 is 15.2 Å². The van der Waals surface area contributed by atoms with Gasteiger partial charge in [0, 0.05) is 6.04 Å². The Hall–Kier alpha value is -1.55. The number of carbonyl (C=O) groups excluding carboxylic acids is 1. The second-order valence-electron chi connectivity index (χ2n) is 4.17. The van der Waals surface area contributed by atoms with Gasteiger partial charge >= 0.3 is 0 Å². The molecule has 4 heteroatoms. The van der Waals surface area contributed by atoms with Crippen LogP contribution in [0.4, 0.5) is 0 Å². The first-order chi connectivity index (χ1) is 8.02. The highest BCUT2D eigenvalue weighted by atomic mass is 16.5. The maximum atomic E-state index is 11.6. The fourth-order valence-electron chi connectivity index (χ4n) is 1.28. The van der Waals surface area contributed by atoms with Crippen molar-refractivity contribution >= 4 is 5.91 Å². The van der Waals surface area contributed by atoms with Crippen molar-refractivity contribution < 1.29 is 14.6 Å². The average Bonchev–Trinajstić information content (AvgIpc) is 2.31. The van der Waals surface area contributed by atoms with Gasteiger partial charge in [-0.3, -0.25) is 4.79 Å². The highest BCUT2D eigenvalue weighted by Gasteiger charge is 2.16. The van der Waals surface area contributed by atoms with Crippen LogP contribution in [0.3, 0.4) is 0 Å². The van der Waals surface area contributed by atoms with E-state index in [9.17, 15) is 4.79 Å². The quantitative estimate of drug-likeness (QED) is 0.810. The smallest absolute Gasteiger partial charge is 0.261 e. The number of carbonyl (C=O) groups is 1. The monoisotopic (exact) mass is 237 g/mol. The number of ether oxygens (including phenoxy) is 1. The number of nitrogens with one attached hydrogen (secondary N) is 1. The van der Waals surface area contributed by atoms with Crippen LogP contribution in [-0.2, 0) is 4.79 Å². The van der Waals surface area contributed by atoms with Gasteiger partial charge in [-0.1, -0.05) is 17.7 Å². The van der Waals surface area contributed by atoms with E-state index < -0.39 is 6.10 Å². The first-order valence-corrected chi connectivity index (χ1v) is 5.67. The number of aliphatic hydroxyl groups excluding tert-OH is 1. The molecule has 2 unspecified atom stereocenters. The second kappa shape index (κ2) is 6.25. The van der Waals surface area contributed by atoms with Gasteiger partial charge in [-0.25, -0.2) is 0 Å². The van der Waals surface area contributed by atoms with Crippen LogP contribution in [0.2, 0.25) is 0 Å². The van der Waals surface area contributed by atoms with Crippen molar-refractivity contribution in [3.05, 3.63) is 29.8 Å². The summed E-state index contributed by atoms with van der Waals surface area (Å²) in [4.78, 5) is 11.6. The van der Waals surface area contributed by atoms with E-state index in [1.54, 1.807) is 13.8 Å². The lowest BCUT2D eigenvalue weighted by Gasteiger charge is -2.17. The summed E-state index contributed by atoms with van der Waals surface area (Å²) in [5, 5.41) is 11.5. The van der Waals surface area contributed by atoms with Crippen molar-refractivity contribution in [1.82, 2.24) is 5.32 Å². The fraction of sp³-hybridized carbons (Fsp3) is 0.462. The molecule has 4 nitrogen and oxygen atoms in total. The summed E-state index contributed by atoms with van der Waals surface area (Å²) < 4.78 is 5.48. The van der Waals surface area contributed by atoms with Crippen molar-refractivity contribution in [2.75, 3.05) is 6.61 Å². The molecule has 0 heterocycles. The molecule has 0 aromatic heterocycles. The average molecular weight is 237 g/mol. The molecule has 0 bridgehead atoms. The molecule has 0 saturated carbocycles. The molecule has 2 atom stereocenters. The topological polar surface area (TPSA) is 58.6 Å². The maximum absolute atomic E-state index is 11.6. The molecule has 0 aliphatic rings. The molecular formula is C13H19NO3. The van der Waals surface area contributed by atoms with Crippen LogP contribution in [0.25, 0.3) is 0 Å². The van der Waals surface area contributed by atoms with E-state index >= 15 is 0 Å². The van der Waals surface area contributed by atoms with Gasteiger partial charge in [0.15, 0.2) is 6.10 Å². The number of rotatable bonds is 5. The van der Waals surface area contributed by atoms with E-state index in [1.165, 1.54) is 0 Å². The normalized spacial score (nSPS) is 13.9. The van der Waals surface area contributed by atoms with Gasteiger partial charge in [-0.05, 0) is 32.9 Å². The Balaban J connectivity index is 2.51. The third kappa shape index (κ3) is 4.44. The molecule has 1 amide bonds. The molecule has 0 radical (unpaired) electrons. The summed E-state index contributed by atoms with van der Waals surface area (Å²) in [6.45, 7) is 5.32. The number of hydrogen-bond acceptors (Lipinski definition) is 3. The van der Waals surface area contributed by atoms with Crippen LogP contribution in [-0.4, -0.2) is 29.8 Å². The minimum Gasteiger partial charge on any atom is -0.481 e. The molecule has 2 N–H and O–H groups in total. The standard InChI is InChI=1S/C13H19NO3/c1-9-4-6-12(7-5-9)17-11(3)13(16)14-10(2)8-15/h4-7,10-11,15H,8H2,1-3H3,(H,14,16). The predicted octanol–water partition coefficient (Wildman–Crippen LogP) is 1.26. The molecule has 0 fully saturated rings. The Labute approximate surface area is 102 Å². The SMILES string of the molecule is Cc1ccc(OC(C)C(=O)NC(C)CO)cc1. The number of aryl methyl sites for hydroxylation is 1. The summed E-state index contributed by atoms with van der Waals surface area (Å²) in [6.07, 6.45) is -0.577. The number of benzene rings is 1. The van der Waals surface area contributed by atoms with E-state index in [2.05, 4.69) is 5.32 Å². The van der Waals surface area contributed by atoms with Crippen LogP contribution >= 0.6 is 0 Å². The van der Waals surface area contributed by atoms with Gasteiger partial charge in [0.05, 0.1) is 6.61 Å². The van der Waals surface area contributed by atoms with Crippen LogP contribution in [0.1, 0.15) is 19.4 Å². The predicted molar refractivity (Wildman–Crippen MR) is 66.0 cm³/mol. The molecule has 17 heavy (non-hydrogen) atoms. The minimum absolute atomic E-state index is 0.0804. The first kappa shape index (κ1) is 13.5. The van der Waals surface area contributed by atoms with Gasteiger partial charge in [0.2, 0.25) is 0 Å². The van der Waals surface area contributed by atoms with Gasteiger partial charge in [0.1, 0.15) is 5.75 Å². The van der Waals surface area contributed by atoms with E-state index in [0.717, 1.165) is 5.56 Å². The molecule has 1 aromatic carbocycles. The Morgan fingerprint density at radius 1 is 1.35 bits per heavy atom. The molecule has 1 aromatic rings. The molecule has 1 rings (SSSR count). The number of hydrogen-bond donors (Lipinski definition) is 2. The Morgan fingerprint density at radius 3 is 2.47 bits per heavy atom. The zero-order valence-electron chi connectivity index (χ0n) is 10.4. The van der Waals surface area contributed by atoms with Crippen LogP contribution in [0.5, 0.6) is 5.75 Å². The van der Waals surface area contributed by atoms with Crippen molar-refractivity contribution in [3.8, 4) is 5.75 Å². The Kier molecular flexibility index (Phi) is 4.97. The second-order valence-corrected chi connectivity index (χ2v) is 4.17. The zero-order valence-corrected chi connectivity index (χ0v) is 10.4. The summed E-state index contributed by atoms with van der Waals surface area (Å²) in [6, 6.07) is 7.25. The number of aliphatic hydroxyl groups is 1. The van der Waals surface area contributed by atoms with E-state index in [1.807, 2.05) is 31.2 Å². The number of amides is 1. The lowest BCUT2D eigenvalue weighted by Crippen LogP contribution is -2.42. The van der Waals surface area contributed by atoms with E-state index in [4.69, 9.17) is 9.84 Å². The summed E-state index contributed by atoms with van der Waals surface area (Å²) in [7, 11) is 0. The minimum atomic E-state index is -0.577. The largest absolute Gasteiger partial charge is 0.481 e. The molecule has 0 saturated heterocycles. The van der Waals surface area contributed by atoms with E-state index in [-0.39, 0.29) is 18.6 Å². The van der Waals surface area contributed by atoms with Gasteiger partial charge in [0.25, 0.3) is 5.91 Å². The Bertz CT molecular complexity index is 361. The van der Waals surface area contributed by atoms with Crippen LogP contribution < -0.4 is 10.1 Å². The molecule has 0 aliphatic carbocycles.